The fourth-order valence-electron chi connectivity index (χ4n) is 2.06. The van der Waals surface area contributed by atoms with Crippen molar-refractivity contribution in [3.8, 4) is 0 Å². The van der Waals surface area contributed by atoms with E-state index in [0.29, 0.717) is 22.5 Å². The van der Waals surface area contributed by atoms with Gasteiger partial charge in [0.25, 0.3) is 0 Å². The van der Waals surface area contributed by atoms with E-state index in [1.165, 1.54) is 16.7 Å². The summed E-state index contributed by atoms with van der Waals surface area (Å²) in [5.41, 5.74) is 2.29. The molecule has 0 aromatic carbocycles. The summed E-state index contributed by atoms with van der Waals surface area (Å²) in [6, 6.07) is 3.33. The maximum Gasteiger partial charge on any atom is 0.355 e. The molecule has 2 aromatic rings. The number of hydrogen-bond donors (Lipinski definition) is 2. The Kier molecular flexibility index (Phi) is 4.41. The van der Waals surface area contributed by atoms with E-state index >= 15 is 0 Å². The molecule has 2 rings (SSSR count). The second-order valence-corrected chi connectivity index (χ2v) is 4.81. The van der Waals surface area contributed by atoms with Crippen LogP contribution in [0.5, 0.6) is 0 Å². The number of carboxylic acid groups (broad SMARTS) is 1. The number of carbonyl (C=O) groups is 1. The molecule has 2 heterocycles. The topological polar surface area (TPSA) is 66.6 Å². The molecule has 0 bridgehead atoms. The Hall–Kier alpha value is -2.89. The average Bonchev–Trinajstić information content (AvgIpc) is 2.89. The van der Waals surface area contributed by atoms with Crippen LogP contribution in [0.1, 0.15) is 17.4 Å². The highest BCUT2D eigenvalue weighted by molar-refractivity contribution is 5.93. The van der Waals surface area contributed by atoms with Crippen molar-refractivity contribution in [1.29, 1.82) is 0 Å². The lowest BCUT2D eigenvalue weighted by molar-refractivity contribution is 0.0690. The Morgan fingerprint density at radius 1 is 1.50 bits per heavy atom. The summed E-state index contributed by atoms with van der Waals surface area (Å²) in [7, 11) is 0. The maximum absolute atomic E-state index is 13.0. The predicted molar refractivity (Wildman–Crippen MR) is 83.8 cm³/mol. The molecule has 0 unspecified atom stereocenters. The first-order chi connectivity index (χ1) is 10.4. The van der Waals surface area contributed by atoms with Gasteiger partial charge in [-0.3, -0.25) is 4.40 Å². The number of allylic oxidation sites excluding steroid dienone is 2. The molecular formula is C16H16FN3O2. The van der Waals surface area contributed by atoms with Gasteiger partial charge in [0, 0.05) is 18.9 Å². The quantitative estimate of drug-likeness (QED) is 0.802. The number of aromatic nitrogens is 2. The third-order valence-corrected chi connectivity index (χ3v) is 3.12. The van der Waals surface area contributed by atoms with Crippen molar-refractivity contribution in [1.82, 2.24) is 9.38 Å². The predicted octanol–water partition coefficient (Wildman–Crippen LogP) is 3.43. The van der Waals surface area contributed by atoms with Gasteiger partial charge >= 0.3 is 5.97 Å². The van der Waals surface area contributed by atoms with Gasteiger partial charge < -0.3 is 10.4 Å². The number of nitrogens with zero attached hydrogens (tertiary/aromatic N) is 2. The lowest BCUT2D eigenvalue weighted by atomic mass is 10.1. The molecule has 5 nitrogen and oxygen atoms in total. The molecule has 2 N–H and O–H groups in total. The zero-order valence-corrected chi connectivity index (χ0v) is 12.1. The minimum Gasteiger partial charge on any atom is -0.476 e. The number of nitrogens with one attached hydrogen (secondary N) is 1. The normalized spacial score (nSPS) is 11.5. The minimum atomic E-state index is -1.08. The Morgan fingerprint density at radius 3 is 2.82 bits per heavy atom. The van der Waals surface area contributed by atoms with Crippen LogP contribution in [0.2, 0.25) is 0 Å². The van der Waals surface area contributed by atoms with Crippen molar-refractivity contribution in [2.24, 2.45) is 0 Å². The van der Waals surface area contributed by atoms with E-state index in [1.54, 1.807) is 25.3 Å². The average molecular weight is 301 g/mol. The summed E-state index contributed by atoms with van der Waals surface area (Å²) < 4.78 is 14.4. The monoisotopic (exact) mass is 301 g/mol. The van der Waals surface area contributed by atoms with Crippen molar-refractivity contribution in [3.05, 3.63) is 66.4 Å². The minimum absolute atomic E-state index is 0.0649. The third-order valence-electron chi connectivity index (χ3n) is 3.12. The van der Waals surface area contributed by atoms with Crippen LogP contribution in [0.15, 0.2) is 60.7 Å². The number of aromatic carboxylic acids is 1. The van der Waals surface area contributed by atoms with Crippen LogP contribution < -0.4 is 5.32 Å². The Bertz CT molecular complexity index is 790. The molecule has 0 aliphatic rings. The highest BCUT2D eigenvalue weighted by Crippen LogP contribution is 2.19. The molecule has 0 atom stereocenters. The summed E-state index contributed by atoms with van der Waals surface area (Å²) in [4.78, 5) is 15.5. The highest BCUT2D eigenvalue weighted by atomic mass is 19.1. The van der Waals surface area contributed by atoms with Crippen LogP contribution in [0.4, 0.5) is 10.1 Å². The number of carboxylic acids is 1. The van der Waals surface area contributed by atoms with E-state index < -0.39 is 11.8 Å². The molecule has 0 aliphatic heterocycles. The Morgan fingerprint density at radius 2 is 2.23 bits per heavy atom. The maximum atomic E-state index is 13.0. The number of imidazole rings is 1. The molecule has 0 spiro atoms. The molecular weight excluding hydrogens is 285 g/mol. The van der Waals surface area contributed by atoms with E-state index in [9.17, 15) is 14.3 Å². The zero-order chi connectivity index (χ0) is 16.3. The molecule has 0 saturated heterocycles. The second-order valence-electron chi connectivity index (χ2n) is 4.81. The van der Waals surface area contributed by atoms with Crippen molar-refractivity contribution >= 4 is 17.3 Å². The molecule has 2 aromatic heterocycles. The number of hydrogen-bond acceptors (Lipinski definition) is 3. The van der Waals surface area contributed by atoms with E-state index in [0.717, 1.165) is 0 Å². The summed E-state index contributed by atoms with van der Waals surface area (Å²) in [5, 5.41) is 12.4. The van der Waals surface area contributed by atoms with Gasteiger partial charge in [0.05, 0.1) is 5.69 Å². The van der Waals surface area contributed by atoms with Crippen molar-refractivity contribution in [3.63, 3.8) is 0 Å². The zero-order valence-electron chi connectivity index (χ0n) is 12.1. The molecule has 22 heavy (non-hydrogen) atoms. The molecule has 0 saturated carbocycles. The molecule has 0 radical (unpaired) electrons. The second kappa shape index (κ2) is 6.26. The van der Waals surface area contributed by atoms with Crippen molar-refractivity contribution < 1.29 is 14.3 Å². The van der Waals surface area contributed by atoms with Gasteiger partial charge in [-0.25, -0.2) is 14.2 Å². The summed E-state index contributed by atoms with van der Waals surface area (Å²) >= 11 is 0. The molecule has 0 aliphatic carbocycles. The van der Waals surface area contributed by atoms with E-state index in [2.05, 4.69) is 23.5 Å². The van der Waals surface area contributed by atoms with Crippen LogP contribution in [0.25, 0.3) is 5.65 Å². The SMILES string of the molecule is C=C(F)/C=C(/CNc1ccc2nccn2c1C(=O)O)C(=C)C. The van der Waals surface area contributed by atoms with Crippen LogP contribution >= 0.6 is 0 Å². The van der Waals surface area contributed by atoms with Gasteiger partial charge in [0.15, 0.2) is 5.69 Å². The standard InChI is InChI=1S/C16H16FN3O2/c1-10(2)12(8-11(3)17)9-19-13-4-5-14-18-6-7-20(14)15(13)16(21)22/h4-8,19H,1,3,9H2,2H3,(H,21,22)/b12-8-. The summed E-state index contributed by atoms with van der Waals surface area (Å²) in [6.07, 6.45) is 4.37. The van der Waals surface area contributed by atoms with Crippen molar-refractivity contribution in [2.45, 2.75) is 6.92 Å². The molecule has 6 heteroatoms. The lowest BCUT2D eigenvalue weighted by Crippen LogP contribution is -2.13. The number of rotatable bonds is 6. The summed E-state index contributed by atoms with van der Waals surface area (Å²) in [5.74, 6) is -1.66. The first-order valence-electron chi connectivity index (χ1n) is 6.54. The van der Waals surface area contributed by atoms with Crippen LogP contribution in [0.3, 0.4) is 0 Å². The van der Waals surface area contributed by atoms with E-state index in [-0.39, 0.29) is 12.2 Å². The van der Waals surface area contributed by atoms with Gasteiger partial charge in [0.1, 0.15) is 11.5 Å². The van der Waals surface area contributed by atoms with Gasteiger partial charge in [-0.1, -0.05) is 18.7 Å². The fourth-order valence-corrected chi connectivity index (χ4v) is 2.06. The number of halogens is 1. The van der Waals surface area contributed by atoms with Gasteiger partial charge in [-0.05, 0) is 30.7 Å². The number of fused-ring (bicyclic) bond motifs is 1. The Labute approximate surface area is 127 Å². The molecule has 114 valence electrons. The molecule has 0 fully saturated rings. The Balaban J connectivity index is 2.35. The van der Waals surface area contributed by atoms with Gasteiger partial charge in [0.2, 0.25) is 0 Å². The first-order valence-corrected chi connectivity index (χ1v) is 6.54. The third kappa shape index (κ3) is 3.22. The van der Waals surface area contributed by atoms with E-state index in [4.69, 9.17) is 0 Å². The smallest absolute Gasteiger partial charge is 0.355 e. The fraction of sp³-hybridized carbons (Fsp3) is 0.125. The summed E-state index contributed by atoms with van der Waals surface area (Å²) in [6.45, 7) is 8.94. The van der Waals surface area contributed by atoms with Crippen LogP contribution in [-0.4, -0.2) is 27.0 Å². The first kappa shape index (κ1) is 15.5. The van der Waals surface area contributed by atoms with Crippen LogP contribution in [0, 0.1) is 0 Å². The van der Waals surface area contributed by atoms with Crippen LogP contribution in [-0.2, 0) is 0 Å². The largest absolute Gasteiger partial charge is 0.476 e. The van der Waals surface area contributed by atoms with E-state index in [1.807, 2.05) is 0 Å². The number of anilines is 1. The lowest BCUT2D eigenvalue weighted by Gasteiger charge is -2.13. The van der Waals surface area contributed by atoms with Gasteiger partial charge in [-0.2, -0.15) is 0 Å². The highest BCUT2D eigenvalue weighted by Gasteiger charge is 2.15. The number of pyridine rings is 1. The van der Waals surface area contributed by atoms with Crippen molar-refractivity contribution in [2.75, 3.05) is 11.9 Å². The van der Waals surface area contributed by atoms with Gasteiger partial charge in [-0.15, -0.1) is 0 Å². The molecule has 0 amide bonds.